The molecule has 0 unspecified atom stereocenters. The normalized spacial score (nSPS) is 10.5. The molecule has 0 saturated carbocycles. The fourth-order valence-electron chi connectivity index (χ4n) is 2.00. The second kappa shape index (κ2) is 7.73. The number of methoxy groups -OCH3 is 1. The van der Waals surface area contributed by atoms with Crippen molar-refractivity contribution in [1.29, 1.82) is 0 Å². The third-order valence-corrected chi connectivity index (χ3v) is 3.15. The van der Waals surface area contributed by atoms with Crippen LogP contribution in [-0.4, -0.2) is 29.3 Å². The smallest absolute Gasteiger partial charge is 0.273 e. The lowest BCUT2D eigenvalue weighted by atomic mass is 10.1. The van der Waals surface area contributed by atoms with Gasteiger partial charge in [0.2, 0.25) is 5.91 Å². The Morgan fingerprint density at radius 1 is 1.38 bits per heavy atom. The summed E-state index contributed by atoms with van der Waals surface area (Å²) >= 11 is 0. The number of phenolic OH excluding ortho intramolecular Hbond substituents is 1. The minimum Gasteiger partial charge on any atom is -0.504 e. The zero-order valence-corrected chi connectivity index (χ0v) is 12.8. The second-order valence-electron chi connectivity index (χ2n) is 4.79. The predicted octanol–water partition coefficient (Wildman–Crippen LogP) is 2.00. The number of hydrogen-bond donors (Lipinski definition) is 2. The number of benzene rings is 2. The summed E-state index contributed by atoms with van der Waals surface area (Å²) in [5, 5.41) is 24.2. The molecular formula is C16H15N3O5. The first-order valence-corrected chi connectivity index (χ1v) is 6.92. The lowest BCUT2D eigenvalue weighted by Gasteiger charge is -2.04. The molecule has 2 rings (SSSR count). The number of nitrogens with one attached hydrogen (secondary N) is 1. The highest BCUT2D eigenvalue weighted by atomic mass is 16.6. The summed E-state index contributed by atoms with van der Waals surface area (Å²) in [4.78, 5) is 22.2. The number of aromatic hydroxyl groups is 1. The van der Waals surface area contributed by atoms with Gasteiger partial charge in [-0.05, 0) is 23.8 Å². The van der Waals surface area contributed by atoms with Gasteiger partial charge in [-0.1, -0.05) is 18.2 Å². The first kappa shape index (κ1) is 16.9. The maximum absolute atomic E-state index is 11.8. The molecule has 0 heterocycles. The van der Waals surface area contributed by atoms with E-state index in [0.29, 0.717) is 11.1 Å². The maximum Gasteiger partial charge on any atom is 0.273 e. The number of nitro benzene ring substituents is 1. The topological polar surface area (TPSA) is 114 Å². The Kier molecular flexibility index (Phi) is 5.45. The highest BCUT2D eigenvalue weighted by Crippen LogP contribution is 2.25. The second-order valence-corrected chi connectivity index (χ2v) is 4.79. The Bertz CT molecular complexity index is 789. The molecule has 8 heteroatoms. The van der Waals surface area contributed by atoms with Gasteiger partial charge in [-0.3, -0.25) is 14.9 Å². The van der Waals surface area contributed by atoms with Gasteiger partial charge in [-0.15, -0.1) is 0 Å². The van der Waals surface area contributed by atoms with E-state index in [1.165, 1.54) is 37.6 Å². The Balaban J connectivity index is 2.00. The molecule has 0 radical (unpaired) electrons. The van der Waals surface area contributed by atoms with E-state index in [-0.39, 0.29) is 23.6 Å². The van der Waals surface area contributed by atoms with E-state index in [2.05, 4.69) is 10.5 Å². The molecule has 0 aromatic heterocycles. The lowest BCUT2D eigenvalue weighted by molar-refractivity contribution is -0.385. The molecule has 0 fully saturated rings. The van der Waals surface area contributed by atoms with Gasteiger partial charge in [0, 0.05) is 11.6 Å². The van der Waals surface area contributed by atoms with Gasteiger partial charge in [-0.2, -0.15) is 5.10 Å². The Morgan fingerprint density at radius 3 is 2.83 bits per heavy atom. The molecule has 0 aliphatic carbocycles. The predicted molar refractivity (Wildman–Crippen MR) is 87.2 cm³/mol. The van der Waals surface area contributed by atoms with Crippen LogP contribution in [0, 0.1) is 10.1 Å². The number of nitro groups is 1. The number of rotatable bonds is 6. The molecule has 2 aromatic rings. The highest BCUT2D eigenvalue weighted by Gasteiger charge is 2.14. The minimum atomic E-state index is -0.533. The van der Waals surface area contributed by atoms with E-state index >= 15 is 0 Å². The quantitative estimate of drug-likeness (QED) is 0.478. The van der Waals surface area contributed by atoms with E-state index in [9.17, 15) is 20.0 Å². The van der Waals surface area contributed by atoms with Gasteiger partial charge in [0.15, 0.2) is 11.5 Å². The molecule has 0 spiro atoms. The third-order valence-electron chi connectivity index (χ3n) is 3.15. The molecule has 8 nitrogen and oxygen atoms in total. The fraction of sp³-hybridized carbons (Fsp3) is 0.125. The number of carbonyl (C=O) groups is 1. The summed E-state index contributed by atoms with van der Waals surface area (Å²) in [5.74, 6) is -0.202. The first-order chi connectivity index (χ1) is 11.5. The van der Waals surface area contributed by atoms with Crippen molar-refractivity contribution in [2.45, 2.75) is 6.42 Å². The van der Waals surface area contributed by atoms with Crippen molar-refractivity contribution in [2.24, 2.45) is 5.10 Å². The molecule has 0 atom stereocenters. The minimum absolute atomic E-state index is 0.00456. The molecule has 0 bridgehead atoms. The summed E-state index contributed by atoms with van der Waals surface area (Å²) in [5.41, 5.74) is 3.11. The van der Waals surface area contributed by atoms with E-state index < -0.39 is 10.8 Å². The SMILES string of the molecule is COc1cc(/C=N/NC(=O)Cc2ccccc2[N+](=O)[O-])ccc1O. The van der Waals surface area contributed by atoms with Crippen LogP contribution in [0.25, 0.3) is 0 Å². The summed E-state index contributed by atoms with van der Waals surface area (Å²) in [7, 11) is 1.42. The van der Waals surface area contributed by atoms with Crippen LogP contribution in [0.15, 0.2) is 47.6 Å². The van der Waals surface area contributed by atoms with Gasteiger partial charge < -0.3 is 9.84 Å². The lowest BCUT2D eigenvalue weighted by Crippen LogP contribution is -2.20. The van der Waals surface area contributed by atoms with Gasteiger partial charge in [0.1, 0.15) is 0 Å². The number of para-hydroxylation sites is 1. The van der Waals surface area contributed by atoms with Crippen molar-refractivity contribution in [1.82, 2.24) is 5.43 Å². The number of nitrogens with zero attached hydrogens (tertiary/aromatic N) is 2. The van der Waals surface area contributed by atoms with Crippen LogP contribution in [0.5, 0.6) is 11.5 Å². The van der Waals surface area contributed by atoms with Gasteiger partial charge in [0.25, 0.3) is 5.69 Å². The Hall–Kier alpha value is -3.42. The van der Waals surface area contributed by atoms with Crippen LogP contribution in [0.1, 0.15) is 11.1 Å². The van der Waals surface area contributed by atoms with Crippen LogP contribution in [-0.2, 0) is 11.2 Å². The highest BCUT2D eigenvalue weighted by molar-refractivity contribution is 5.84. The van der Waals surface area contributed by atoms with Crippen LogP contribution in [0.2, 0.25) is 0 Å². The van der Waals surface area contributed by atoms with Gasteiger partial charge in [0.05, 0.1) is 24.7 Å². The average Bonchev–Trinajstić information content (AvgIpc) is 2.56. The molecule has 124 valence electrons. The largest absolute Gasteiger partial charge is 0.504 e. The molecule has 0 aliphatic rings. The first-order valence-electron chi connectivity index (χ1n) is 6.92. The van der Waals surface area contributed by atoms with Crippen LogP contribution in [0.4, 0.5) is 5.69 Å². The number of hydrogen-bond acceptors (Lipinski definition) is 6. The zero-order chi connectivity index (χ0) is 17.5. The Labute approximate surface area is 137 Å². The fourth-order valence-corrected chi connectivity index (χ4v) is 2.00. The summed E-state index contributed by atoms with van der Waals surface area (Å²) in [6.07, 6.45) is 1.21. The van der Waals surface area contributed by atoms with Crippen LogP contribution >= 0.6 is 0 Å². The van der Waals surface area contributed by atoms with E-state index in [0.717, 1.165) is 0 Å². The summed E-state index contributed by atoms with van der Waals surface area (Å²) < 4.78 is 4.96. The van der Waals surface area contributed by atoms with E-state index in [1.54, 1.807) is 18.2 Å². The third kappa shape index (κ3) is 4.29. The summed E-state index contributed by atoms with van der Waals surface area (Å²) in [6.45, 7) is 0. The molecule has 0 saturated heterocycles. The van der Waals surface area contributed by atoms with Crippen LogP contribution < -0.4 is 10.2 Å². The van der Waals surface area contributed by atoms with Gasteiger partial charge >= 0.3 is 0 Å². The monoisotopic (exact) mass is 329 g/mol. The number of carbonyl (C=O) groups excluding carboxylic acids is 1. The van der Waals surface area contributed by atoms with Crippen molar-refractivity contribution in [2.75, 3.05) is 7.11 Å². The molecule has 24 heavy (non-hydrogen) atoms. The van der Waals surface area contributed by atoms with Crippen molar-refractivity contribution in [3.63, 3.8) is 0 Å². The maximum atomic E-state index is 11.8. The van der Waals surface area contributed by atoms with E-state index in [4.69, 9.17) is 4.74 Å². The van der Waals surface area contributed by atoms with Crippen molar-refractivity contribution < 1.29 is 19.6 Å². The number of hydrazone groups is 1. The van der Waals surface area contributed by atoms with Crippen molar-refractivity contribution in [3.05, 3.63) is 63.7 Å². The zero-order valence-electron chi connectivity index (χ0n) is 12.8. The van der Waals surface area contributed by atoms with Crippen LogP contribution in [0.3, 0.4) is 0 Å². The Morgan fingerprint density at radius 2 is 2.12 bits per heavy atom. The van der Waals surface area contributed by atoms with Crippen molar-refractivity contribution >= 4 is 17.8 Å². The van der Waals surface area contributed by atoms with Gasteiger partial charge in [-0.25, -0.2) is 5.43 Å². The molecule has 1 amide bonds. The number of amides is 1. The number of phenols is 1. The number of ether oxygens (including phenoxy) is 1. The molecule has 0 aliphatic heterocycles. The van der Waals surface area contributed by atoms with Crippen molar-refractivity contribution in [3.8, 4) is 11.5 Å². The molecule has 2 aromatic carbocycles. The summed E-state index contributed by atoms with van der Waals surface area (Å²) in [6, 6.07) is 10.6. The van der Waals surface area contributed by atoms with E-state index in [1.807, 2.05) is 0 Å². The average molecular weight is 329 g/mol. The molecular weight excluding hydrogens is 314 g/mol. The standard InChI is InChI=1S/C16H15N3O5/c1-24-15-8-11(6-7-14(15)20)10-17-18-16(21)9-12-4-2-3-5-13(12)19(22)23/h2-8,10,20H,9H2,1H3,(H,18,21)/b17-10+. The molecule has 2 N–H and O–H groups in total.